The molecule has 1 amide bonds. The number of nitrogens with two attached hydrogens (primary N) is 1. The minimum absolute atomic E-state index is 0.438. The first-order valence-electron chi connectivity index (χ1n) is 6.59. The molecule has 1 heterocycles. The van der Waals surface area contributed by atoms with E-state index in [0.717, 1.165) is 28.1 Å². The molecule has 0 aliphatic heterocycles. The summed E-state index contributed by atoms with van der Waals surface area (Å²) in [5, 5.41) is 4.15. The van der Waals surface area contributed by atoms with Crippen LogP contribution in [-0.4, -0.2) is 11.1 Å². The summed E-state index contributed by atoms with van der Waals surface area (Å²) < 4.78 is 5.34. The van der Waals surface area contributed by atoms with Gasteiger partial charge in [0.1, 0.15) is 11.5 Å². The molecule has 3 aromatic rings. The van der Waals surface area contributed by atoms with Gasteiger partial charge in [0.25, 0.3) is 0 Å². The Morgan fingerprint density at radius 3 is 2.29 bits per heavy atom. The highest BCUT2D eigenvalue weighted by Gasteiger charge is 2.16. The van der Waals surface area contributed by atoms with Gasteiger partial charge in [-0.2, -0.15) is 0 Å². The van der Waals surface area contributed by atoms with Gasteiger partial charge < -0.3 is 10.3 Å². The Bertz CT molecular complexity index is 774. The number of primary amides is 1. The third-order valence-corrected chi connectivity index (χ3v) is 3.37. The molecule has 0 atom stereocenters. The van der Waals surface area contributed by atoms with Crippen LogP contribution < -0.4 is 5.73 Å². The molecule has 0 unspecified atom stereocenters. The van der Waals surface area contributed by atoms with E-state index in [0.29, 0.717) is 5.56 Å². The lowest BCUT2D eigenvalue weighted by Gasteiger charge is -2.04. The maximum atomic E-state index is 11.1. The van der Waals surface area contributed by atoms with Gasteiger partial charge >= 0.3 is 0 Å². The van der Waals surface area contributed by atoms with Crippen molar-refractivity contribution >= 4 is 5.91 Å². The Kier molecular flexibility index (Phi) is 3.28. The average molecular weight is 278 g/mol. The summed E-state index contributed by atoms with van der Waals surface area (Å²) in [7, 11) is 0. The smallest absolute Gasteiger partial charge is 0.248 e. The molecular weight excluding hydrogens is 264 g/mol. The maximum Gasteiger partial charge on any atom is 0.248 e. The van der Waals surface area contributed by atoms with E-state index < -0.39 is 5.91 Å². The standard InChI is InChI=1S/C17H14N2O2/c1-11-15(12-7-9-14(10-8-12)17(18)20)16(19-21-11)13-5-3-2-4-6-13/h2-10H,1H3,(H2,18,20). The molecule has 0 radical (unpaired) electrons. The Hall–Kier alpha value is -2.88. The van der Waals surface area contributed by atoms with Crippen LogP contribution in [0.1, 0.15) is 16.1 Å². The zero-order valence-electron chi connectivity index (χ0n) is 11.5. The third kappa shape index (κ3) is 2.43. The molecule has 4 heteroatoms. The van der Waals surface area contributed by atoms with Crippen LogP contribution in [-0.2, 0) is 0 Å². The predicted octanol–water partition coefficient (Wildman–Crippen LogP) is 3.42. The van der Waals surface area contributed by atoms with Crippen LogP contribution in [0.5, 0.6) is 0 Å². The molecule has 0 spiro atoms. The highest BCUT2D eigenvalue weighted by molar-refractivity contribution is 5.93. The predicted molar refractivity (Wildman–Crippen MR) is 80.6 cm³/mol. The minimum atomic E-state index is -0.438. The lowest BCUT2D eigenvalue weighted by Crippen LogP contribution is -2.10. The van der Waals surface area contributed by atoms with E-state index in [1.807, 2.05) is 49.4 Å². The highest BCUT2D eigenvalue weighted by Crippen LogP contribution is 2.34. The zero-order valence-corrected chi connectivity index (χ0v) is 11.5. The van der Waals surface area contributed by atoms with E-state index in [9.17, 15) is 4.79 Å². The van der Waals surface area contributed by atoms with E-state index in [-0.39, 0.29) is 0 Å². The summed E-state index contributed by atoms with van der Waals surface area (Å²) in [5.74, 6) is 0.299. The quantitative estimate of drug-likeness (QED) is 0.798. The van der Waals surface area contributed by atoms with Gasteiger partial charge in [-0.3, -0.25) is 4.79 Å². The maximum absolute atomic E-state index is 11.1. The number of carbonyl (C=O) groups excluding carboxylic acids is 1. The number of aromatic nitrogens is 1. The number of hydrogen-bond acceptors (Lipinski definition) is 3. The van der Waals surface area contributed by atoms with Crippen LogP contribution in [0.3, 0.4) is 0 Å². The first-order chi connectivity index (χ1) is 10.2. The molecule has 21 heavy (non-hydrogen) atoms. The van der Waals surface area contributed by atoms with Gasteiger partial charge in [0, 0.05) is 11.1 Å². The lowest BCUT2D eigenvalue weighted by molar-refractivity contribution is 0.100. The van der Waals surface area contributed by atoms with Crippen LogP contribution in [0.25, 0.3) is 22.4 Å². The molecule has 0 aliphatic carbocycles. The van der Waals surface area contributed by atoms with E-state index in [1.54, 1.807) is 12.1 Å². The monoisotopic (exact) mass is 278 g/mol. The number of amides is 1. The molecule has 0 fully saturated rings. The van der Waals surface area contributed by atoms with Crippen molar-refractivity contribution in [3.05, 3.63) is 65.9 Å². The van der Waals surface area contributed by atoms with Gasteiger partial charge in [-0.05, 0) is 24.6 Å². The minimum Gasteiger partial charge on any atom is -0.366 e. The van der Waals surface area contributed by atoms with E-state index in [1.165, 1.54) is 0 Å². The van der Waals surface area contributed by atoms with Crippen LogP contribution in [0.2, 0.25) is 0 Å². The van der Waals surface area contributed by atoms with Gasteiger partial charge in [0.2, 0.25) is 5.91 Å². The molecule has 2 aromatic carbocycles. The lowest BCUT2D eigenvalue weighted by atomic mass is 9.98. The highest BCUT2D eigenvalue weighted by atomic mass is 16.5. The second-order valence-electron chi connectivity index (χ2n) is 4.77. The second-order valence-corrected chi connectivity index (χ2v) is 4.77. The van der Waals surface area contributed by atoms with Gasteiger partial charge in [-0.25, -0.2) is 0 Å². The molecule has 1 aromatic heterocycles. The van der Waals surface area contributed by atoms with Gasteiger partial charge in [0.15, 0.2) is 0 Å². The van der Waals surface area contributed by atoms with Crippen molar-refractivity contribution in [2.24, 2.45) is 5.73 Å². The molecule has 0 bridgehead atoms. The van der Waals surface area contributed by atoms with Crippen molar-refractivity contribution in [2.75, 3.05) is 0 Å². The van der Waals surface area contributed by atoms with Crippen molar-refractivity contribution in [1.29, 1.82) is 0 Å². The largest absolute Gasteiger partial charge is 0.366 e. The number of rotatable bonds is 3. The molecule has 0 aliphatic rings. The summed E-state index contributed by atoms with van der Waals surface area (Å²) in [6.45, 7) is 1.87. The van der Waals surface area contributed by atoms with Crippen molar-refractivity contribution < 1.29 is 9.32 Å². The summed E-state index contributed by atoms with van der Waals surface area (Å²) in [6, 6.07) is 17.0. The van der Waals surface area contributed by atoms with E-state index in [4.69, 9.17) is 10.3 Å². The fourth-order valence-corrected chi connectivity index (χ4v) is 2.31. The van der Waals surface area contributed by atoms with E-state index >= 15 is 0 Å². The Morgan fingerprint density at radius 1 is 1.00 bits per heavy atom. The van der Waals surface area contributed by atoms with Gasteiger partial charge in [-0.15, -0.1) is 0 Å². The molecule has 2 N–H and O–H groups in total. The molecule has 3 rings (SSSR count). The Labute approximate surface area is 122 Å². The van der Waals surface area contributed by atoms with Crippen LogP contribution in [0.15, 0.2) is 59.1 Å². The number of aryl methyl sites for hydroxylation is 1. The SMILES string of the molecule is Cc1onc(-c2ccccc2)c1-c1ccc(C(N)=O)cc1. The molecule has 0 saturated heterocycles. The Morgan fingerprint density at radius 2 is 1.67 bits per heavy atom. The molecular formula is C17H14N2O2. The summed E-state index contributed by atoms with van der Waals surface area (Å²) in [6.07, 6.45) is 0. The zero-order chi connectivity index (χ0) is 14.8. The molecule has 104 valence electrons. The number of hydrogen-bond donors (Lipinski definition) is 1. The number of nitrogens with zero attached hydrogens (tertiary/aromatic N) is 1. The second kappa shape index (κ2) is 5.25. The first-order valence-corrected chi connectivity index (χ1v) is 6.59. The summed E-state index contributed by atoms with van der Waals surface area (Å²) in [4.78, 5) is 11.1. The van der Waals surface area contributed by atoms with Crippen molar-refractivity contribution in [1.82, 2.24) is 5.16 Å². The van der Waals surface area contributed by atoms with Crippen molar-refractivity contribution in [2.45, 2.75) is 6.92 Å². The van der Waals surface area contributed by atoms with Crippen LogP contribution in [0.4, 0.5) is 0 Å². The van der Waals surface area contributed by atoms with Gasteiger partial charge in [-0.1, -0.05) is 47.6 Å². The fraction of sp³-hybridized carbons (Fsp3) is 0.0588. The summed E-state index contributed by atoms with van der Waals surface area (Å²) in [5.41, 5.74) is 9.40. The van der Waals surface area contributed by atoms with Gasteiger partial charge in [0.05, 0.1) is 5.56 Å². The van der Waals surface area contributed by atoms with Crippen molar-refractivity contribution in [3.63, 3.8) is 0 Å². The van der Waals surface area contributed by atoms with Crippen LogP contribution in [0, 0.1) is 6.92 Å². The third-order valence-electron chi connectivity index (χ3n) is 3.37. The normalized spacial score (nSPS) is 10.5. The average Bonchev–Trinajstić information content (AvgIpc) is 2.90. The number of carbonyl (C=O) groups is 1. The van der Waals surface area contributed by atoms with E-state index in [2.05, 4.69) is 5.16 Å². The molecule has 0 saturated carbocycles. The van der Waals surface area contributed by atoms with Crippen molar-refractivity contribution in [3.8, 4) is 22.4 Å². The Balaban J connectivity index is 2.10. The molecule has 4 nitrogen and oxygen atoms in total. The topological polar surface area (TPSA) is 69.1 Å². The first kappa shape index (κ1) is 13.1. The summed E-state index contributed by atoms with van der Waals surface area (Å²) >= 11 is 0. The number of benzene rings is 2. The van der Waals surface area contributed by atoms with Crippen LogP contribution >= 0.6 is 0 Å². The fourth-order valence-electron chi connectivity index (χ4n) is 2.31.